The Morgan fingerprint density at radius 3 is 2.49 bits per heavy atom. The number of nitrogens with one attached hydrogen (secondary N) is 2. The van der Waals surface area contributed by atoms with Crippen molar-refractivity contribution in [3.63, 3.8) is 0 Å². The number of amides is 2. The fourth-order valence-electron chi connectivity index (χ4n) is 6.50. The fraction of sp³-hybridized carbons (Fsp3) is 0.429. The molecule has 3 aromatic rings. The van der Waals surface area contributed by atoms with Gasteiger partial charge in [0.05, 0.1) is 0 Å². The van der Waals surface area contributed by atoms with Gasteiger partial charge in [-0.1, -0.05) is 6.58 Å². The lowest BCUT2D eigenvalue weighted by molar-refractivity contribution is -0.125. The number of hydrogen-bond acceptors (Lipinski definition) is 7. The lowest BCUT2D eigenvalue weighted by Crippen LogP contribution is -2.44. The molecule has 2 saturated heterocycles. The van der Waals surface area contributed by atoms with Crippen LogP contribution in [0.2, 0.25) is 0 Å². The zero-order valence-corrected chi connectivity index (χ0v) is 27.2. The largest absolute Gasteiger partial charge is 0.367 e. The van der Waals surface area contributed by atoms with E-state index in [9.17, 15) is 14.4 Å². The molecule has 4 heterocycles. The van der Waals surface area contributed by atoms with Crippen LogP contribution in [0.4, 0.5) is 11.5 Å². The minimum Gasteiger partial charge on any atom is -0.367 e. The van der Waals surface area contributed by atoms with Crippen LogP contribution in [0.5, 0.6) is 0 Å². The number of hydrogen-bond donors (Lipinski definition) is 2. The predicted molar refractivity (Wildman–Crippen MR) is 180 cm³/mol. The Balaban J connectivity index is 1.49. The summed E-state index contributed by atoms with van der Waals surface area (Å²) >= 11 is 0. The van der Waals surface area contributed by atoms with Gasteiger partial charge in [0.25, 0.3) is 11.5 Å². The predicted octanol–water partition coefficient (Wildman–Crippen LogP) is 3.66. The van der Waals surface area contributed by atoms with E-state index in [1.807, 2.05) is 44.0 Å². The van der Waals surface area contributed by atoms with Crippen LogP contribution >= 0.6 is 0 Å². The number of likely N-dealkylation sites (N-methyl/N-ethyl adjacent to an activating group) is 2. The highest BCUT2D eigenvalue weighted by atomic mass is 16.2. The van der Waals surface area contributed by atoms with Crippen molar-refractivity contribution in [2.75, 3.05) is 62.7 Å². The lowest BCUT2D eigenvalue weighted by Gasteiger charge is -2.33. The average Bonchev–Trinajstić information content (AvgIpc) is 3.51. The number of anilines is 2. The summed E-state index contributed by atoms with van der Waals surface area (Å²) in [4.78, 5) is 55.2. The molecule has 0 bridgehead atoms. The van der Waals surface area contributed by atoms with E-state index in [-0.39, 0.29) is 30.0 Å². The third-order valence-electron chi connectivity index (χ3n) is 9.19. The van der Waals surface area contributed by atoms with Gasteiger partial charge >= 0.3 is 0 Å². The van der Waals surface area contributed by atoms with Gasteiger partial charge in [-0.15, -0.1) is 0 Å². The Morgan fingerprint density at radius 2 is 1.84 bits per heavy atom. The monoisotopic (exact) mass is 611 g/mol. The van der Waals surface area contributed by atoms with Crippen LogP contribution in [-0.4, -0.2) is 90.5 Å². The molecule has 2 fully saturated rings. The van der Waals surface area contributed by atoms with Crippen molar-refractivity contribution in [2.24, 2.45) is 0 Å². The second-order valence-corrected chi connectivity index (χ2v) is 12.2. The summed E-state index contributed by atoms with van der Waals surface area (Å²) < 4.78 is 0. The second-order valence-electron chi connectivity index (χ2n) is 12.2. The summed E-state index contributed by atoms with van der Waals surface area (Å²) in [6, 6.07) is 10.2. The van der Waals surface area contributed by atoms with Gasteiger partial charge in [0, 0.05) is 92.7 Å². The lowest BCUT2D eigenvalue weighted by atomic mass is 9.96. The number of aromatic nitrogens is 2. The molecule has 2 aromatic heterocycles. The number of rotatable bonds is 9. The first-order chi connectivity index (χ1) is 21.6. The van der Waals surface area contributed by atoms with Crippen LogP contribution in [0.1, 0.15) is 46.1 Å². The summed E-state index contributed by atoms with van der Waals surface area (Å²) in [6.07, 6.45) is 4.08. The number of aromatic amines is 1. The minimum absolute atomic E-state index is 0.0630. The van der Waals surface area contributed by atoms with Gasteiger partial charge in [-0.05, 0) is 94.3 Å². The zero-order chi connectivity index (χ0) is 32.2. The molecule has 2 N–H and O–H groups in total. The Labute approximate surface area is 265 Å². The van der Waals surface area contributed by atoms with E-state index in [1.54, 1.807) is 0 Å². The molecule has 2 aliphatic heterocycles. The number of H-pyrrole nitrogens is 1. The Bertz CT molecular complexity index is 1620. The van der Waals surface area contributed by atoms with E-state index < -0.39 is 0 Å². The van der Waals surface area contributed by atoms with Crippen molar-refractivity contribution < 1.29 is 9.59 Å². The number of aryl methyl sites for hydroxylation is 2. The molecule has 5 rings (SSSR count). The van der Waals surface area contributed by atoms with Gasteiger partial charge < -0.3 is 29.9 Å². The van der Waals surface area contributed by atoms with Gasteiger partial charge in [0.1, 0.15) is 5.82 Å². The average molecular weight is 612 g/mol. The molecule has 0 saturated carbocycles. The van der Waals surface area contributed by atoms with Crippen molar-refractivity contribution in [2.45, 2.75) is 46.7 Å². The van der Waals surface area contributed by atoms with E-state index in [2.05, 4.69) is 63.7 Å². The first kappa shape index (κ1) is 32.0. The number of benzene rings is 1. The van der Waals surface area contributed by atoms with Crippen LogP contribution < -0.4 is 20.7 Å². The second kappa shape index (κ2) is 13.7. The minimum atomic E-state index is -0.247. The quantitative estimate of drug-likeness (QED) is 0.356. The van der Waals surface area contributed by atoms with E-state index in [1.165, 1.54) is 6.08 Å². The maximum atomic E-state index is 13.8. The number of piperazine rings is 1. The van der Waals surface area contributed by atoms with Crippen LogP contribution in [0.25, 0.3) is 11.1 Å². The maximum Gasteiger partial charge on any atom is 0.253 e. The highest BCUT2D eigenvalue weighted by Gasteiger charge is 2.31. The summed E-state index contributed by atoms with van der Waals surface area (Å²) in [6.45, 7) is 17.4. The van der Waals surface area contributed by atoms with Crippen molar-refractivity contribution in [1.82, 2.24) is 25.1 Å². The van der Waals surface area contributed by atoms with Crippen LogP contribution in [0, 0.1) is 20.8 Å². The van der Waals surface area contributed by atoms with Gasteiger partial charge in [-0.2, -0.15) is 0 Å². The Hall–Kier alpha value is -4.44. The molecule has 238 valence electrons. The fourth-order valence-corrected chi connectivity index (χ4v) is 6.50. The summed E-state index contributed by atoms with van der Waals surface area (Å²) in [5, 5.41) is 3.01. The molecule has 1 aromatic carbocycles. The van der Waals surface area contributed by atoms with Crippen LogP contribution in [0.15, 0.2) is 54.0 Å². The molecule has 1 atom stereocenters. The van der Waals surface area contributed by atoms with Gasteiger partial charge in [0.15, 0.2) is 0 Å². The molecule has 0 spiro atoms. The van der Waals surface area contributed by atoms with Crippen LogP contribution in [-0.2, 0) is 11.3 Å². The van der Waals surface area contributed by atoms with E-state index in [0.717, 1.165) is 72.1 Å². The smallest absolute Gasteiger partial charge is 0.253 e. The Morgan fingerprint density at radius 1 is 1.09 bits per heavy atom. The molecule has 2 amide bonds. The topological polar surface area (TPSA) is 105 Å². The Kier molecular flexibility index (Phi) is 9.72. The molecule has 0 radical (unpaired) electrons. The van der Waals surface area contributed by atoms with Crippen LogP contribution in [0.3, 0.4) is 0 Å². The normalized spacial score (nSPS) is 17.0. The third-order valence-corrected chi connectivity index (χ3v) is 9.19. The molecule has 1 unspecified atom stereocenters. The van der Waals surface area contributed by atoms with Crippen molar-refractivity contribution in [3.05, 3.63) is 87.5 Å². The first-order valence-corrected chi connectivity index (χ1v) is 15.8. The van der Waals surface area contributed by atoms with Crippen molar-refractivity contribution in [1.29, 1.82) is 0 Å². The highest BCUT2D eigenvalue weighted by Crippen LogP contribution is 2.34. The molecule has 45 heavy (non-hydrogen) atoms. The van der Waals surface area contributed by atoms with Gasteiger partial charge in [0.2, 0.25) is 5.91 Å². The van der Waals surface area contributed by atoms with Crippen molar-refractivity contribution >= 4 is 23.3 Å². The summed E-state index contributed by atoms with van der Waals surface area (Å²) in [5.41, 5.74) is 6.12. The van der Waals surface area contributed by atoms with E-state index >= 15 is 0 Å². The van der Waals surface area contributed by atoms with E-state index in [4.69, 9.17) is 4.98 Å². The third kappa shape index (κ3) is 6.96. The summed E-state index contributed by atoms with van der Waals surface area (Å²) in [5.74, 6) is 0.638. The molecular formula is C35H45N7O3. The number of carbonyl (C=O) groups excluding carboxylic acids is 2. The number of carbonyl (C=O) groups is 2. The molecule has 10 heteroatoms. The number of likely N-dealkylation sites (tertiary alicyclic amines) is 1. The van der Waals surface area contributed by atoms with Gasteiger partial charge in [-0.3, -0.25) is 14.4 Å². The maximum absolute atomic E-state index is 13.8. The number of pyridine rings is 2. The number of nitrogens with zero attached hydrogens (tertiary/aromatic N) is 5. The summed E-state index contributed by atoms with van der Waals surface area (Å²) in [7, 11) is 2.14. The van der Waals surface area contributed by atoms with Gasteiger partial charge in [-0.25, -0.2) is 4.98 Å². The molecule has 0 aliphatic carbocycles. The van der Waals surface area contributed by atoms with Crippen molar-refractivity contribution in [3.8, 4) is 11.1 Å². The molecular weight excluding hydrogens is 566 g/mol. The van der Waals surface area contributed by atoms with E-state index in [0.29, 0.717) is 30.8 Å². The zero-order valence-electron chi connectivity index (χ0n) is 27.2. The standard InChI is InChI=1S/C35H45N7O3/c1-7-33(43)41-12-11-28(22-41)42(8-2)31-19-27(26-9-10-32(36-20-26)40-15-13-39(6)14-16-40)18-29(25(31)5)34(44)37-21-30-23(3)17-24(4)38-35(30)45/h7,9-10,17-20,28H,1,8,11-16,21-22H2,2-6H3,(H,37,44)(H,38,45). The molecule has 10 nitrogen and oxygen atoms in total. The SMILES string of the molecule is C=CC(=O)N1CCC(N(CC)c2cc(-c3ccc(N4CCN(C)CC4)nc3)cc(C(=O)NCc3c(C)cc(C)[nH]c3=O)c2C)C1. The highest BCUT2D eigenvalue weighted by molar-refractivity contribution is 5.99. The first-order valence-electron chi connectivity index (χ1n) is 15.8. The molecule has 2 aliphatic rings.